The van der Waals surface area contributed by atoms with Crippen LogP contribution in [0.1, 0.15) is 46.0 Å². The first-order valence-electron chi connectivity index (χ1n) is 7.90. The van der Waals surface area contributed by atoms with E-state index in [0.717, 1.165) is 42.5 Å². The van der Waals surface area contributed by atoms with Gasteiger partial charge in [-0.15, -0.1) is 0 Å². The van der Waals surface area contributed by atoms with E-state index in [-0.39, 0.29) is 5.60 Å². The van der Waals surface area contributed by atoms with E-state index in [1.807, 2.05) is 0 Å². The first-order chi connectivity index (χ1) is 9.63. The standard InChI is InChI=1S/C16H31IO3/c1-14(2)15-5-7-16(13-17,8-6-15)20-12-11-19-10-4-9-18-3/h14-15H,4-13H2,1-3H3. The molecule has 0 saturated heterocycles. The van der Waals surface area contributed by atoms with Crippen molar-refractivity contribution in [1.29, 1.82) is 0 Å². The zero-order valence-corrected chi connectivity index (χ0v) is 15.5. The van der Waals surface area contributed by atoms with Gasteiger partial charge < -0.3 is 14.2 Å². The average Bonchev–Trinajstić information content (AvgIpc) is 2.46. The number of hydrogen-bond acceptors (Lipinski definition) is 3. The molecular formula is C16H31IO3. The summed E-state index contributed by atoms with van der Waals surface area (Å²) in [5.74, 6) is 1.70. The highest BCUT2D eigenvalue weighted by atomic mass is 127. The fourth-order valence-corrected chi connectivity index (χ4v) is 3.86. The highest BCUT2D eigenvalue weighted by molar-refractivity contribution is 14.1. The molecule has 0 aromatic rings. The Morgan fingerprint density at radius 1 is 1.10 bits per heavy atom. The van der Waals surface area contributed by atoms with E-state index in [9.17, 15) is 0 Å². The summed E-state index contributed by atoms with van der Waals surface area (Å²) < 4.78 is 17.8. The molecule has 0 amide bonds. The van der Waals surface area contributed by atoms with Crippen LogP contribution in [0.15, 0.2) is 0 Å². The molecule has 3 nitrogen and oxygen atoms in total. The van der Waals surface area contributed by atoms with E-state index >= 15 is 0 Å². The molecule has 1 aliphatic carbocycles. The Morgan fingerprint density at radius 2 is 1.80 bits per heavy atom. The first kappa shape index (κ1) is 18.7. The van der Waals surface area contributed by atoms with Crippen LogP contribution in [0.5, 0.6) is 0 Å². The molecule has 20 heavy (non-hydrogen) atoms. The molecule has 1 fully saturated rings. The Hall–Kier alpha value is 0.610. The summed E-state index contributed by atoms with van der Waals surface area (Å²) in [5.41, 5.74) is 0.113. The lowest BCUT2D eigenvalue weighted by molar-refractivity contribution is -0.0809. The number of ether oxygens (including phenoxy) is 3. The molecule has 0 heterocycles. The van der Waals surface area contributed by atoms with Crippen molar-refractivity contribution in [2.24, 2.45) is 11.8 Å². The van der Waals surface area contributed by atoms with Crippen molar-refractivity contribution in [3.8, 4) is 0 Å². The topological polar surface area (TPSA) is 27.7 Å². The van der Waals surface area contributed by atoms with Crippen LogP contribution in [0.25, 0.3) is 0 Å². The van der Waals surface area contributed by atoms with E-state index in [1.165, 1.54) is 25.7 Å². The summed E-state index contributed by atoms with van der Waals surface area (Å²) in [5, 5.41) is 0. The quantitative estimate of drug-likeness (QED) is 0.315. The molecule has 0 aromatic carbocycles. The molecule has 0 N–H and O–H groups in total. The summed E-state index contributed by atoms with van der Waals surface area (Å²) in [6, 6.07) is 0. The smallest absolute Gasteiger partial charge is 0.0772 e. The highest BCUT2D eigenvalue weighted by Crippen LogP contribution is 2.39. The van der Waals surface area contributed by atoms with Crippen LogP contribution in [0.4, 0.5) is 0 Å². The predicted molar refractivity (Wildman–Crippen MR) is 91.7 cm³/mol. The second-order valence-corrected chi connectivity index (χ2v) is 6.97. The summed E-state index contributed by atoms with van der Waals surface area (Å²) in [7, 11) is 1.72. The summed E-state index contributed by atoms with van der Waals surface area (Å²) in [6.45, 7) is 7.66. The Morgan fingerprint density at radius 3 is 2.35 bits per heavy atom. The Bertz CT molecular complexity index is 238. The summed E-state index contributed by atoms with van der Waals surface area (Å²) >= 11 is 2.48. The van der Waals surface area contributed by atoms with Crippen molar-refractivity contribution < 1.29 is 14.2 Å². The maximum absolute atomic E-state index is 6.19. The van der Waals surface area contributed by atoms with Crippen LogP contribution in [0.2, 0.25) is 0 Å². The lowest BCUT2D eigenvalue weighted by Crippen LogP contribution is -2.40. The lowest BCUT2D eigenvalue weighted by Gasteiger charge is -2.40. The molecule has 4 heteroatoms. The zero-order valence-electron chi connectivity index (χ0n) is 13.3. The SMILES string of the molecule is COCCCOCCOC1(CI)CCC(C(C)C)CC1. The molecule has 1 rings (SSSR count). The largest absolute Gasteiger partial charge is 0.385 e. The van der Waals surface area contributed by atoms with Crippen molar-refractivity contribution >= 4 is 22.6 Å². The second-order valence-electron chi connectivity index (χ2n) is 6.21. The number of alkyl halides is 1. The van der Waals surface area contributed by atoms with Crippen LogP contribution >= 0.6 is 22.6 Å². The van der Waals surface area contributed by atoms with Gasteiger partial charge in [0.15, 0.2) is 0 Å². The highest BCUT2D eigenvalue weighted by Gasteiger charge is 2.35. The van der Waals surface area contributed by atoms with Gasteiger partial charge in [0.05, 0.1) is 18.8 Å². The molecule has 0 unspecified atom stereocenters. The van der Waals surface area contributed by atoms with Gasteiger partial charge in [-0.2, -0.15) is 0 Å². The van der Waals surface area contributed by atoms with Crippen LogP contribution < -0.4 is 0 Å². The van der Waals surface area contributed by atoms with Crippen molar-refractivity contribution in [3.05, 3.63) is 0 Å². The molecular weight excluding hydrogens is 367 g/mol. The third kappa shape index (κ3) is 6.58. The van der Waals surface area contributed by atoms with Gasteiger partial charge in [0.1, 0.15) is 0 Å². The van der Waals surface area contributed by atoms with Crippen LogP contribution in [-0.4, -0.2) is 43.6 Å². The molecule has 0 spiro atoms. The number of rotatable bonds is 10. The van der Waals surface area contributed by atoms with Crippen LogP contribution in [0, 0.1) is 11.8 Å². The maximum atomic E-state index is 6.19. The van der Waals surface area contributed by atoms with Gasteiger partial charge in [-0.3, -0.25) is 0 Å². The number of halogens is 1. The third-order valence-corrected chi connectivity index (χ3v) is 5.79. The Kier molecular flexibility index (Phi) is 9.66. The van der Waals surface area contributed by atoms with Crippen LogP contribution in [0.3, 0.4) is 0 Å². The molecule has 0 radical (unpaired) electrons. The average molecular weight is 398 g/mol. The maximum Gasteiger partial charge on any atom is 0.0772 e. The van der Waals surface area contributed by atoms with Crippen LogP contribution in [-0.2, 0) is 14.2 Å². The number of methoxy groups -OCH3 is 1. The minimum absolute atomic E-state index is 0.113. The molecule has 0 aromatic heterocycles. The van der Waals surface area contributed by atoms with E-state index in [0.29, 0.717) is 6.61 Å². The van der Waals surface area contributed by atoms with Gasteiger partial charge in [0.2, 0.25) is 0 Å². The molecule has 0 bridgehead atoms. The first-order valence-corrected chi connectivity index (χ1v) is 9.43. The van der Waals surface area contributed by atoms with Gasteiger partial charge in [-0.25, -0.2) is 0 Å². The third-order valence-electron chi connectivity index (χ3n) is 4.40. The second kappa shape index (κ2) is 10.4. The van der Waals surface area contributed by atoms with Gasteiger partial charge >= 0.3 is 0 Å². The van der Waals surface area contributed by atoms with E-state index in [4.69, 9.17) is 14.2 Å². The van der Waals surface area contributed by atoms with Crippen molar-refractivity contribution in [3.63, 3.8) is 0 Å². The Balaban J connectivity index is 2.16. The molecule has 1 saturated carbocycles. The van der Waals surface area contributed by atoms with E-state index in [1.54, 1.807) is 7.11 Å². The Labute approximate surface area is 138 Å². The van der Waals surface area contributed by atoms with E-state index in [2.05, 4.69) is 36.4 Å². The monoisotopic (exact) mass is 398 g/mol. The zero-order chi connectivity index (χ0) is 14.8. The van der Waals surface area contributed by atoms with Gasteiger partial charge in [-0.1, -0.05) is 36.4 Å². The molecule has 120 valence electrons. The summed E-state index contributed by atoms with van der Waals surface area (Å²) in [6.07, 6.45) is 6.01. The molecule has 1 aliphatic rings. The number of hydrogen-bond donors (Lipinski definition) is 0. The van der Waals surface area contributed by atoms with E-state index < -0.39 is 0 Å². The lowest BCUT2D eigenvalue weighted by atomic mass is 9.75. The fraction of sp³-hybridized carbons (Fsp3) is 1.00. The minimum atomic E-state index is 0.113. The summed E-state index contributed by atoms with van der Waals surface area (Å²) in [4.78, 5) is 0. The van der Waals surface area contributed by atoms with Crippen molar-refractivity contribution in [2.75, 3.05) is 38.0 Å². The minimum Gasteiger partial charge on any atom is -0.385 e. The fourth-order valence-electron chi connectivity index (χ4n) is 2.87. The van der Waals surface area contributed by atoms with Gasteiger partial charge in [0.25, 0.3) is 0 Å². The predicted octanol–water partition coefficient (Wildman–Crippen LogP) is 4.08. The van der Waals surface area contributed by atoms with Gasteiger partial charge in [0, 0.05) is 24.8 Å². The normalized spacial score (nSPS) is 27.1. The van der Waals surface area contributed by atoms with Gasteiger partial charge in [-0.05, 0) is 43.9 Å². The molecule has 0 aliphatic heterocycles. The van der Waals surface area contributed by atoms with Crippen molar-refractivity contribution in [1.82, 2.24) is 0 Å². The van der Waals surface area contributed by atoms with Crippen molar-refractivity contribution in [2.45, 2.75) is 51.6 Å². The molecule has 0 atom stereocenters.